The number of likely N-dealkylation sites (tertiary alicyclic amines) is 2. The zero-order valence-electron chi connectivity index (χ0n) is 16.9. The Bertz CT molecular complexity index is 653. The molecule has 1 unspecified atom stereocenters. The molecule has 27 heavy (non-hydrogen) atoms. The normalized spacial score (nSPS) is 21.0. The molecule has 2 amide bonds. The molecule has 2 saturated heterocycles. The molecule has 148 valence electrons. The van der Waals surface area contributed by atoms with Gasteiger partial charge in [0.05, 0.1) is 6.04 Å². The number of piperidine rings is 2. The summed E-state index contributed by atoms with van der Waals surface area (Å²) < 4.78 is 0. The first kappa shape index (κ1) is 19.8. The number of pyridine rings is 1. The lowest BCUT2D eigenvalue weighted by Crippen LogP contribution is -2.54. The fourth-order valence-electron chi connectivity index (χ4n) is 4.21. The maximum Gasteiger partial charge on any atom is 0.239 e. The predicted molar refractivity (Wildman–Crippen MR) is 105 cm³/mol. The summed E-state index contributed by atoms with van der Waals surface area (Å²) in [5.41, 5.74) is 1.40. The van der Waals surface area contributed by atoms with Crippen LogP contribution in [0.15, 0.2) is 24.5 Å². The summed E-state index contributed by atoms with van der Waals surface area (Å²) in [6, 6.07) is 3.95. The van der Waals surface area contributed by atoms with Gasteiger partial charge in [-0.3, -0.25) is 19.5 Å². The molecule has 1 spiro atoms. The summed E-state index contributed by atoms with van der Waals surface area (Å²) in [5.74, 6) is 0.491. The third kappa shape index (κ3) is 4.67. The number of nitrogens with zero attached hydrogens (tertiary/aromatic N) is 4. The van der Waals surface area contributed by atoms with Gasteiger partial charge in [-0.1, -0.05) is 0 Å². The molecule has 0 aliphatic carbocycles. The van der Waals surface area contributed by atoms with Crippen LogP contribution in [0.3, 0.4) is 0 Å². The van der Waals surface area contributed by atoms with E-state index in [1.54, 1.807) is 12.4 Å². The number of amides is 2. The van der Waals surface area contributed by atoms with Crippen LogP contribution in [0.5, 0.6) is 0 Å². The Balaban J connectivity index is 1.56. The summed E-state index contributed by atoms with van der Waals surface area (Å²) >= 11 is 0. The van der Waals surface area contributed by atoms with E-state index in [1.807, 2.05) is 47.9 Å². The molecule has 2 aliphatic rings. The van der Waals surface area contributed by atoms with Gasteiger partial charge in [-0.25, -0.2) is 0 Å². The molecule has 2 fully saturated rings. The van der Waals surface area contributed by atoms with Crippen LogP contribution in [0.4, 0.5) is 0 Å². The van der Waals surface area contributed by atoms with Crippen molar-refractivity contribution in [2.75, 3.05) is 40.3 Å². The second kappa shape index (κ2) is 8.38. The van der Waals surface area contributed by atoms with Crippen molar-refractivity contribution >= 4 is 11.8 Å². The van der Waals surface area contributed by atoms with Crippen molar-refractivity contribution in [1.29, 1.82) is 0 Å². The van der Waals surface area contributed by atoms with Crippen LogP contribution in [0, 0.1) is 5.41 Å². The fraction of sp³-hybridized carbons (Fsp3) is 0.667. The molecule has 6 nitrogen and oxygen atoms in total. The van der Waals surface area contributed by atoms with Crippen molar-refractivity contribution in [3.05, 3.63) is 30.1 Å². The number of rotatable bonds is 5. The number of carbonyl (C=O) groups is 2. The third-order valence-corrected chi connectivity index (χ3v) is 6.44. The van der Waals surface area contributed by atoms with Crippen LogP contribution in [0.25, 0.3) is 0 Å². The molecule has 3 rings (SSSR count). The van der Waals surface area contributed by atoms with Crippen LogP contribution in [0.2, 0.25) is 0 Å². The van der Waals surface area contributed by atoms with Crippen LogP contribution in [-0.2, 0) is 16.0 Å². The molecule has 0 saturated carbocycles. The second-order valence-corrected chi connectivity index (χ2v) is 8.39. The molecule has 2 aliphatic heterocycles. The van der Waals surface area contributed by atoms with Gasteiger partial charge in [0, 0.05) is 45.0 Å². The van der Waals surface area contributed by atoms with Gasteiger partial charge in [0.25, 0.3) is 0 Å². The van der Waals surface area contributed by atoms with Gasteiger partial charge in [0.2, 0.25) is 11.8 Å². The first-order valence-electron chi connectivity index (χ1n) is 10.0. The molecule has 1 atom stereocenters. The van der Waals surface area contributed by atoms with Crippen molar-refractivity contribution < 1.29 is 9.59 Å². The van der Waals surface area contributed by atoms with Crippen molar-refractivity contribution in [3.8, 4) is 0 Å². The average molecular weight is 373 g/mol. The standard InChI is InChI=1S/C21H32N4O2/c1-17(23(2)3)20(27)24-14-9-21(10-15-24)8-4-19(26)25(16-21)13-7-18-5-11-22-12-6-18/h5-6,11-12,17H,4,7-10,13-16H2,1-3H3. The molecular weight excluding hydrogens is 340 g/mol. The number of likely N-dealkylation sites (N-methyl/N-ethyl adjacent to an activating group) is 1. The second-order valence-electron chi connectivity index (χ2n) is 8.39. The van der Waals surface area contributed by atoms with Crippen molar-refractivity contribution in [2.24, 2.45) is 5.41 Å². The Morgan fingerprint density at radius 2 is 1.89 bits per heavy atom. The molecule has 1 aromatic heterocycles. The molecule has 6 heteroatoms. The number of carbonyl (C=O) groups excluding carboxylic acids is 2. The van der Waals surface area contributed by atoms with Gasteiger partial charge >= 0.3 is 0 Å². The molecular formula is C21H32N4O2. The van der Waals surface area contributed by atoms with E-state index in [-0.39, 0.29) is 23.3 Å². The highest BCUT2D eigenvalue weighted by molar-refractivity contribution is 5.81. The van der Waals surface area contributed by atoms with Crippen molar-refractivity contribution in [3.63, 3.8) is 0 Å². The lowest BCUT2D eigenvalue weighted by atomic mass is 9.72. The minimum atomic E-state index is -0.0798. The van der Waals surface area contributed by atoms with E-state index in [0.29, 0.717) is 6.42 Å². The summed E-state index contributed by atoms with van der Waals surface area (Å²) in [6.07, 6.45) is 8.07. The summed E-state index contributed by atoms with van der Waals surface area (Å²) in [5, 5.41) is 0. The van der Waals surface area contributed by atoms with E-state index in [4.69, 9.17) is 0 Å². The largest absolute Gasteiger partial charge is 0.342 e. The van der Waals surface area contributed by atoms with E-state index in [1.165, 1.54) is 5.56 Å². The highest BCUT2D eigenvalue weighted by atomic mass is 16.2. The first-order chi connectivity index (χ1) is 12.9. The minimum absolute atomic E-state index is 0.0798. The minimum Gasteiger partial charge on any atom is -0.342 e. The zero-order chi connectivity index (χ0) is 19.4. The Hall–Kier alpha value is -1.95. The third-order valence-electron chi connectivity index (χ3n) is 6.44. The van der Waals surface area contributed by atoms with Crippen molar-refractivity contribution in [1.82, 2.24) is 19.7 Å². The lowest BCUT2D eigenvalue weighted by molar-refractivity contribution is -0.144. The smallest absolute Gasteiger partial charge is 0.239 e. The molecule has 0 bridgehead atoms. The predicted octanol–water partition coefficient (Wildman–Crippen LogP) is 1.81. The summed E-state index contributed by atoms with van der Waals surface area (Å²) in [6.45, 7) is 5.19. The van der Waals surface area contributed by atoms with Crippen LogP contribution in [-0.4, -0.2) is 77.8 Å². The monoisotopic (exact) mass is 372 g/mol. The SMILES string of the molecule is CC(C(=O)N1CCC2(CCC(=O)N(CCc3ccncc3)C2)CC1)N(C)C. The van der Waals surface area contributed by atoms with Crippen LogP contribution < -0.4 is 0 Å². The van der Waals surface area contributed by atoms with Gasteiger partial charge in [-0.05, 0) is 69.8 Å². The summed E-state index contributed by atoms with van der Waals surface area (Å²) in [7, 11) is 3.89. The Kier molecular flexibility index (Phi) is 6.15. The van der Waals surface area contributed by atoms with E-state index in [9.17, 15) is 9.59 Å². The topological polar surface area (TPSA) is 56.8 Å². The number of aromatic nitrogens is 1. The zero-order valence-corrected chi connectivity index (χ0v) is 16.9. The molecule has 0 radical (unpaired) electrons. The molecule has 3 heterocycles. The van der Waals surface area contributed by atoms with E-state index in [2.05, 4.69) is 4.98 Å². The number of hydrogen-bond acceptors (Lipinski definition) is 4. The van der Waals surface area contributed by atoms with Crippen LogP contribution >= 0.6 is 0 Å². The van der Waals surface area contributed by atoms with Gasteiger partial charge in [-0.15, -0.1) is 0 Å². The molecule has 0 N–H and O–H groups in total. The van der Waals surface area contributed by atoms with E-state index in [0.717, 1.165) is 51.9 Å². The van der Waals surface area contributed by atoms with Gasteiger partial charge < -0.3 is 9.80 Å². The Morgan fingerprint density at radius 3 is 2.52 bits per heavy atom. The van der Waals surface area contributed by atoms with Crippen LogP contribution in [0.1, 0.15) is 38.2 Å². The van der Waals surface area contributed by atoms with Gasteiger partial charge in [-0.2, -0.15) is 0 Å². The van der Waals surface area contributed by atoms with Gasteiger partial charge in [0.15, 0.2) is 0 Å². The van der Waals surface area contributed by atoms with E-state index < -0.39 is 0 Å². The maximum atomic E-state index is 12.6. The summed E-state index contributed by atoms with van der Waals surface area (Å²) in [4.78, 5) is 35.1. The Morgan fingerprint density at radius 1 is 1.22 bits per heavy atom. The quantitative estimate of drug-likeness (QED) is 0.791. The molecule has 1 aromatic rings. The highest BCUT2D eigenvalue weighted by Gasteiger charge is 2.42. The Labute approximate surface area is 162 Å². The lowest BCUT2D eigenvalue weighted by Gasteiger charge is -2.48. The highest BCUT2D eigenvalue weighted by Crippen LogP contribution is 2.40. The average Bonchev–Trinajstić information content (AvgIpc) is 2.69. The molecule has 0 aromatic carbocycles. The van der Waals surface area contributed by atoms with Gasteiger partial charge in [0.1, 0.15) is 0 Å². The van der Waals surface area contributed by atoms with E-state index >= 15 is 0 Å². The first-order valence-corrected chi connectivity index (χ1v) is 10.0. The number of hydrogen-bond donors (Lipinski definition) is 0. The maximum absolute atomic E-state index is 12.6. The fourth-order valence-corrected chi connectivity index (χ4v) is 4.21. The van der Waals surface area contributed by atoms with Crippen molar-refractivity contribution in [2.45, 2.75) is 45.1 Å².